The van der Waals surface area contributed by atoms with Crippen LogP contribution in [0.1, 0.15) is 25.1 Å². The maximum absolute atomic E-state index is 13.8. The molecule has 0 unspecified atom stereocenters. The second kappa shape index (κ2) is 10.1. The fourth-order valence-electron chi connectivity index (χ4n) is 4.95. The van der Waals surface area contributed by atoms with E-state index in [4.69, 9.17) is 14.0 Å². The Balaban J connectivity index is 1.35. The predicted molar refractivity (Wildman–Crippen MR) is 147 cm³/mol. The first-order chi connectivity index (χ1) is 18.5. The van der Waals surface area contributed by atoms with Crippen molar-refractivity contribution in [3.63, 3.8) is 0 Å². The molecule has 2 amide bonds. The normalized spacial score (nSPS) is 20.7. The van der Waals surface area contributed by atoms with E-state index in [1.54, 1.807) is 29.3 Å². The zero-order chi connectivity index (χ0) is 26.2. The summed E-state index contributed by atoms with van der Waals surface area (Å²) in [5, 5.41) is 1.63. The summed E-state index contributed by atoms with van der Waals surface area (Å²) in [6.07, 6.45) is -0.0776. The minimum absolute atomic E-state index is 0.327. The first-order valence-corrected chi connectivity index (χ1v) is 13.3. The fraction of sp³-hybridized carbons (Fsp3) is 0.200. The van der Waals surface area contributed by atoms with Gasteiger partial charge in [0.2, 0.25) is 5.91 Å². The van der Waals surface area contributed by atoms with Gasteiger partial charge >= 0.3 is 0 Å². The van der Waals surface area contributed by atoms with Crippen LogP contribution >= 0.6 is 15.9 Å². The fourth-order valence-corrected chi connectivity index (χ4v) is 5.21. The van der Waals surface area contributed by atoms with Crippen molar-refractivity contribution >= 4 is 39.1 Å². The van der Waals surface area contributed by atoms with Crippen LogP contribution in [-0.4, -0.2) is 24.5 Å². The number of halogens is 1. The molecule has 0 saturated carbocycles. The number of ether oxygens (including phenoxy) is 1. The number of para-hydroxylation sites is 1. The van der Waals surface area contributed by atoms with Crippen molar-refractivity contribution in [2.24, 2.45) is 5.92 Å². The zero-order valence-electron chi connectivity index (χ0n) is 20.6. The van der Waals surface area contributed by atoms with Crippen molar-refractivity contribution in [3.8, 4) is 17.1 Å². The van der Waals surface area contributed by atoms with Crippen LogP contribution in [-0.2, 0) is 14.4 Å². The van der Waals surface area contributed by atoms with Crippen molar-refractivity contribution in [1.29, 1.82) is 0 Å². The van der Waals surface area contributed by atoms with Crippen LogP contribution in [0.15, 0.2) is 99.9 Å². The van der Waals surface area contributed by atoms with Gasteiger partial charge in [0.05, 0.1) is 18.0 Å². The summed E-state index contributed by atoms with van der Waals surface area (Å²) in [5.74, 6) is 0.404. The molecule has 0 N–H and O–H groups in total. The van der Waals surface area contributed by atoms with Gasteiger partial charge in [-0.25, -0.2) is 9.96 Å². The summed E-state index contributed by atoms with van der Waals surface area (Å²) in [6.45, 7) is 2.63. The minimum Gasteiger partial charge on any atom is -0.494 e. The number of fused-ring (bicyclic) bond motifs is 1. The highest BCUT2D eigenvalue weighted by molar-refractivity contribution is 9.10. The van der Waals surface area contributed by atoms with Gasteiger partial charge in [0, 0.05) is 10.0 Å². The van der Waals surface area contributed by atoms with Gasteiger partial charge in [-0.05, 0) is 67.1 Å². The molecule has 3 heterocycles. The second-order valence-corrected chi connectivity index (χ2v) is 10.1. The Morgan fingerprint density at radius 1 is 0.842 bits per heavy atom. The van der Waals surface area contributed by atoms with Crippen molar-refractivity contribution < 1.29 is 23.6 Å². The number of hydrogen-bond acceptors (Lipinski definition) is 6. The molecule has 0 bridgehead atoms. The first kappa shape index (κ1) is 24.5. The lowest BCUT2D eigenvalue weighted by molar-refractivity contribution is -0.126. The molecule has 4 aromatic rings. The Bertz CT molecular complexity index is 1450. The summed E-state index contributed by atoms with van der Waals surface area (Å²) in [5.41, 5.74) is 2.13. The SMILES string of the molecule is CCCOc1ccc(N2C(=O)[C@H]3[C@@H](ON(c4ccccc4)[C@H]3c3ccc(-c4ccc(Br)cc4)o3)C2=O)cc1. The molecule has 8 heteroatoms. The summed E-state index contributed by atoms with van der Waals surface area (Å²) in [4.78, 5) is 34.8. The highest BCUT2D eigenvalue weighted by Gasteiger charge is 2.61. The van der Waals surface area contributed by atoms with Gasteiger partial charge in [-0.3, -0.25) is 14.4 Å². The molecule has 38 heavy (non-hydrogen) atoms. The van der Waals surface area contributed by atoms with Gasteiger partial charge in [-0.2, -0.15) is 0 Å². The highest BCUT2D eigenvalue weighted by atomic mass is 79.9. The van der Waals surface area contributed by atoms with E-state index in [-0.39, 0.29) is 5.91 Å². The number of carbonyl (C=O) groups is 2. The van der Waals surface area contributed by atoms with Crippen LogP contribution in [0.2, 0.25) is 0 Å². The van der Waals surface area contributed by atoms with Crippen LogP contribution in [0.4, 0.5) is 11.4 Å². The maximum Gasteiger partial charge on any atom is 0.266 e. The summed E-state index contributed by atoms with van der Waals surface area (Å²) >= 11 is 3.46. The van der Waals surface area contributed by atoms with Gasteiger partial charge < -0.3 is 9.15 Å². The van der Waals surface area contributed by atoms with Crippen LogP contribution in [0.5, 0.6) is 5.75 Å². The van der Waals surface area contributed by atoms with E-state index in [2.05, 4.69) is 15.9 Å². The molecule has 3 atom stereocenters. The number of furan rings is 1. The number of hydrogen-bond donors (Lipinski definition) is 0. The molecule has 2 aliphatic heterocycles. The molecule has 6 rings (SSSR count). The summed E-state index contributed by atoms with van der Waals surface area (Å²) in [6, 6.07) is 27.3. The topological polar surface area (TPSA) is 72.2 Å². The van der Waals surface area contributed by atoms with Crippen molar-refractivity contribution in [2.45, 2.75) is 25.5 Å². The Hall–Kier alpha value is -3.88. The molecule has 192 valence electrons. The number of hydroxylamine groups is 1. The number of benzene rings is 3. The molecule has 3 aromatic carbocycles. The minimum atomic E-state index is -0.968. The van der Waals surface area contributed by atoms with Crippen LogP contribution < -0.4 is 14.7 Å². The maximum atomic E-state index is 13.8. The average Bonchev–Trinajstić information content (AvgIpc) is 3.64. The lowest BCUT2D eigenvalue weighted by Gasteiger charge is -2.27. The monoisotopic (exact) mass is 572 g/mol. The Morgan fingerprint density at radius 3 is 2.29 bits per heavy atom. The van der Waals surface area contributed by atoms with E-state index >= 15 is 0 Å². The Morgan fingerprint density at radius 2 is 1.58 bits per heavy atom. The molecule has 0 spiro atoms. The number of amides is 2. The van der Waals surface area contributed by atoms with E-state index < -0.39 is 24.0 Å². The number of nitrogens with zero attached hydrogens (tertiary/aromatic N) is 2. The van der Waals surface area contributed by atoms with Crippen LogP contribution in [0, 0.1) is 5.92 Å². The number of rotatable bonds is 7. The lowest BCUT2D eigenvalue weighted by atomic mass is 9.94. The molecule has 7 nitrogen and oxygen atoms in total. The quantitative estimate of drug-likeness (QED) is 0.234. The molecular formula is C30H25BrN2O5. The third-order valence-corrected chi connectivity index (χ3v) is 7.27. The molecule has 0 aliphatic carbocycles. The Labute approximate surface area is 228 Å². The first-order valence-electron chi connectivity index (χ1n) is 12.5. The van der Waals surface area contributed by atoms with Crippen molar-refractivity contribution in [1.82, 2.24) is 0 Å². The van der Waals surface area contributed by atoms with Gasteiger partial charge in [0.25, 0.3) is 5.91 Å². The molecule has 2 fully saturated rings. The summed E-state index contributed by atoms with van der Waals surface area (Å²) in [7, 11) is 0. The van der Waals surface area contributed by atoms with E-state index in [0.29, 0.717) is 29.6 Å². The standard InChI is InChI=1S/C30H25BrN2O5/c1-2-18-36-23-14-12-21(13-15-23)32-29(34)26-27(25-17-16-24(37-25)19-8-10-20(31)11-9-19)33(38-28(26)30(32)35)22-6-4-3-5-7-22/h3-17,26-28H,2,18H2,1H3/t26-,27+,28-/m1/s1. The highest BCUT2D eigenvalue weighted by Crippen LogP contribution is 2.48. The molecule has 0 radical (unpaired) electrons. The molecule has 1 aromatic heterocycles. The van der Waals surface area contributed by atoms with E-state index in [0.717, 1.165) is 22.1 Å². The van der Waals surface area contributed by atoms with E-state index in [1.165, 1.54) is 4.90 Å². The van der Waals surface area contributed by atoms with Crippen LogP contribution in [0.25, 0.3) is 11.3 Å². The van der Waals surface area contributed by atoms with E-state index in [9.17, 15) is 9.59 Å². The zero-order valence-corrected chi connectivity index (χ0v) is 22.2. The summed E-state index contributed by atoms with van der Waals surface area (Å²) < 4.78 is 12.9. The largest absolute Gasteiger partial charge is 0.494 e. The molecule has 2 aliphatic rings. The van der Waals surface area contributed by atoms with Gasteiger partial charge in [-0.1, -0.05) is 53.2 Å². The van der Waals surface area contributed by atoms with Gasteiger partial charge in [-0.15, -0.1) is 0 Å². The molecular weight excluding hydrogens is 548 g/mol. The third-order valence-electron chi connectivity index (χ3n) is 6.74. The number of imide groups is 1. The third kappa shape index (κ3) is 4.29. The Kier molecular flexibility index (Phi) is 6.51. The lowest BCUT2D eigenvalue weighted by Crippen LogP contribution is -2.37. The molecule has 2 saturated heterocycles. The number of anilines is 2. The smallest absolute Gasteiger partial charge is 0.266 e. The number of carbonyl (C=O) groups excluding carboxylic acids is 2. The van der Waals surface area contributed by atoms with Crippen molar-refractivity contribution in [3.05, 3.63) is 101 Å². The van der Waals surface area contributed by atoms with Crippen molar-refractivity contribution in [2.75, 3.05) is 16.6 Å². The second-order valence-electron chi connectivity index (χ2n) is 9.22. The van der Waals surface area contributed by atoms with Crippen LogP contribution in [0.3, 0.4) is 0 Å². The predicted octanol–water partition coefficient (Wildman–Crippen LogP) is 6.55. The van der Waals surface area contributed by atoms with Gasteiger partial charge in [0.15, 0.2) is 6.10 Å². The average molecular weight is 573 g/mol. The van der Waals surface area contributed by atoms with Gasteiger partial charge in [0.1, 0.15) is 29.2 Å². The van der Waals surface area contributed by atoms with E-state index in [1.807, 2.05) is 73.7 Å².